The van der Waals surface area contributed by atoms with E-state index in [4.69, 9.17) is 66.4 Å². The zero-order valence-electron chi connectivity index (χ0n) is 29.3. The molecular weight excluding hydrogens is 800 g/mol. The number of aliphatic hydroxyl groups is 1. The summed E-state index contributed by atoms with van der Waals surface area (Å²) in [4.78, 5) is 62.3. The molecule has 5 unspecified atom stereocenters. The molecule has 1 aliphatic carbocycles. The maximum absolute atomic E-state index is 13.5. The van der Waals surface area contributed by atoms with Gasteiger partial charge in [0.2, 0.25) is 0 Å². The van der Waals surface area contributed by atoms with E-state index in [0.717, 1.165) is 25.7 Å². The van der Waals surface area contributed by atoms with Crippen LogP contribution in [-0.2, 0) is 60.7 Å². The number of allylic oxidation sites excluding steroid dienone is 1. The van der Waals surface area contributed by atoms with E-state index in [1.807, 2.05) is 12.2 Å². The highest BCUT2D eigenvalue weighted by Gasteiger charge is 2.56. The molecule has 0 amide bonds. The molecule has 2 bridgehead atoms. The lowest BCUT2D eigenvalue weighted by Gasteiger charge is -2.30. The minimum Gasteiger partial charge on any atom is -0.427 e. The average molecular weight is 840 g/mol. The molecule has 0 spiro atoms. The maximum atomic E-state index is 13.5. The summed E-state index contributed by atoms with van der Waals surface area (Å²) in [7, 11) is 0. The third-order valence-electron chi connectivity index (χ3n) is 10.2. The predicted molar refractivity (Wildman–Crippen MR) is 200 cm³/mol. The molecule has 2 aromatic heterocycles. The second-order valence-electron chi connectivity index (χ2n) is 13.8. The monoisotopic (exact) mass is 839 g/mol. The Bertz CT molecular complexity index is 2000. The van der Waals surface area contributed by atoms with Gasteiger partial charge >= 0.3 is 19.6 Å². The molecule has 6 aliphatic rings. The Morgan fingerprint density at radius 3 is 2.27 bits per heavy atom. The van der Waals surface area contributed by atoms with Crippen molar-refractivity contribution in [2.24, 2.45) is 9.98 Å². The number of anilines is 1. The van der Waals surface area contributed by atoms with Crippen molar-refractivity contribution < 1.29 is 56.7 Å². The summed E-state index contributed by atoms with van der Waals surface area (Å²) >= 11 is 10.9. The smallest absolute Gasteiger partial charge is 0.427 e. The van der Waals surface area contributed by atoms with Gasteiger partial charge in [0.1, 0.15) is 72.9 Å². The molecule has 5 aliphatic heterocycles. The minimum absolute atomic E-state index is 0.141. The normalized spacial score (nSPS) is 40.4. The Morgan fingerprint density at radius 2 is 1.49 bits per heavy atom. The number of aromatic nitrogens is 4. The number of carbonyl (C=O) groups excluding carboxylic acids is 1. The number of fused-ring (bicyclic) bond motifs is 5. The molecule has 0 saturated carbocycles. The van der Waals surface area contributed by atoms with Gasteiger partial charge in [-0.25, -0.2) is 24.7 Å². The van der Waals surface area contributed by atoms with Crippen LogP contribution in [0, 0.1) is 6.92 Å². The molecule has 2 aromatic rings. The first kappa shape index (κ1) is 39.1. The van der Waals surface area contributed by atoms with Gasteiger partial charge in [-0.1, -0.05) is 12.5 Å². The van der Waals surface area contributed by atoms with Crippen LogP contribution in [0.2, 0.25) is 0 Å². The van der Waals surface area contributed by atoms with Gasteiger partial charge in [0.15, 0.2) is 11.9 Å². The van der Waals surface area contributed by atoms with Crippen molar-refractivity contribution in [3.63, 3.8) is 0 Å². The Labute approximate surface area is 325 Å². The Hall–Kier alpha value is -2.75. The van der Waals surface area contributed by atoms with E-state index in [0.29, 0.717) is 34.9 Å². The number of nitrogen functional groups attached to an aromatic ring is 1. The minimum atomic E-state index is -4.26. The zero-order valence-corrected chi connectivity index (χ0v) is 32.7. The van der Waals surface area contributed by atoms with Gasteiger partial charge in [0.25, 0.3) is 0 Å². The number of aliphatic hydroxyl groups excluding tert-OH is 1. The number of hydrogen-bond acceptors (Lipinski definition) is 19. The van der Waals surface area contributed by atoms with Crippen molar-refractivity contribution in [3.8, 4) is 0 Å². The second kappa shape index (κ2) is 15.9. The third kappa shape index (κ3) is 8.18. The van der Waals surface area contributed by atoms with Crippen LogP contribution in [0.25, 0.3) is 0 Å². The van der Waals surface area contributed by atoms with Gasteiger partial charge in [-0.2, -0.15) is 0 Å². The van der Waals surface area contributed by atoms with Crippen molar-refractivity contribution >= 4 is 72.8 Å². The molecule has 8 rings (SSSR count). The third-order valence-corrected chi connectivity index (χ3v) is 13.3. The highest BCUT2D eigenvalue weighted by atomic mass is 32.5. The fraction of sp³-hybridized carbons (Fsp3) is 0.594. The first-order valence-corrected chi connectivity index (χ1v) is 22.9. The molecule has 23 heteroatoms. The Kier molecular flexibility index (Phi) is 11.3. The van der Waals surface area contributed by atoms with Crippen molar-refractivity contribution in [1.82, 2.24) is 19.9 Å². The predicted octanol–water partition coefficient (Wildman–Crippen LogP) is 3.01. The van der Waals surface area contributed by atoms with Crippen LogP contribution < -0.4 is 5.73 Å². The summed E-state index contributed by atoms with van der Waals surface area (Å²) in [5.74, 6) is -1.25. The van der Waals surface area contributed by atoms with Crippen molar-refractivity contribution in [1.29, 1.82) is 0 Å². The molecule has 296 valence electrons. The van der Waals surface area contributed by atoms with E-state index in [2.05, 4.69) is 29.9 Å². The standard InChI is InChI=1S/C32H39N7O12P2S2/c1-15-21-22(37-13-36-15)17(9-34-21)27-30(49-32(41)46-16-7-5-3-2-4-6-8-16)28-20(48-27)12-45-53(43,55)51-29-25(40)19(11-44-52(42,54)50-28)47-26(29)18-10-35-24-23(18)38-14-39-31(24)33/h5,7,9-10,13-14,16-20,25-30,40H,2-4,6,8,11-12H2,1H3,(H,42,54)(H,43,55)(H2,33,38,39)/b7-5+/t16?,17?,18?,19-,20-,25-,26+,27+,28-,29-,30+,52?,53?/m1/s1. The van der Waals surface area contributed by atoms with E-state index >= 15 is 0 Å². The second-order valence-corrected chi connectivity index (χ2v) is 19.4. The summed E-state index contributed by atoms with van der Waals surface area (Å²) in [6.07, 6.45) is 2.58. The van der Waals surface area contributed by atoms with Crippen LogP contribution in [0.1, 0.15) is 61.0 Å². The van der Waals surface area contributed by atoms with Gasteiger partial charge in [-0.15, -0.1) is 0 Å². The van der Waals surface area contributed by atoms with Gasteiger partial charge in [-0.05, 0) is 62.3 Å². The van der Waals surface area contributed by atoms with Crippen LogP contribution in [0.15, 0.2) is 34.8 Å². The highest BCUT2D eigenvalue weighted by molar-refractivity contribution is 8.07. The summed E-state index contributed by atoms with van der Waals surface area (Å²) in [5, 5.41) is 11.4. The van der Waals surface area contributed by atoms with Gasteiger partial charge in [0, 0.05) is 12.4 Å². The average Bonchev–Trinajstić information content (AvgIpc) is 3.89. The lowest BCUT2D eigenvalue weighted by atomic mass is 9.94. The largest absolute Gasteiger partial charge is 0.509 e. The Morgan fingerprint density at radius 1 is 0.836 bits per heavy atom. The van der Waals surface area contributed by atoms with Crippen molar-refractivity contribution in [3.05, 3.63) is 41.9 Å². The number of aryl methyl sites for hydroxylation is 1. The van der Waals surface area contributed by atoms with E-state index in [1.165, 1.54) is 18.9 Å². The number of nitrogens with two attached hydrogens (primary N) is 1. The van der Waals surface area contributed by atoms with E-state index in [1.54, 1.807) is 13.1 Å². The summed E-state index contributed by atoms with van der Waals surface area (Å²) in [6.45, 7) is -7.68. The quantitative estimate of drug-likeness (QED) is 0.196. The van der Waals surface area contributed by atoms with E-state index in [9.17, 15) is 19.7 Å². The van der Waals surface area contributed by atoms with Gasteiger partial charge < -0.3 is 48.6 Å². The number of aliphatic imine (C=N–C) groups is 2. The van der Waals surface area contributed by atoms with Crippen LogP contribution in [-0.4, -0.2) is 122 Å². The van der Waals surface area contributed by atoms with Gasteiger partial charge in [-0.3, -0.25) is 19.0 Å². The molecule has 5 N–H and O–H groups in total. The molecule has 3 fully saturated rings. The highest BCUT2D eigenvalue weighted by Crippen LogP contribution is 2.55. The molecule has 13 atom stereocenters. The van der Waals surface area contributed by atoms with Crippen LogP contribution in [0.4, 0.5) is 22.0 Å². The van der Waals surface area contributed by atoms with Crippen LogP contribution >= 0.6 is 13.4 Å². The molecule has 0 aromatic carbocycles. The molecule has 0 radical (unpaired) electrons. The lowest BCUT2D eigenvalue weighted by molar-refractivity contribution is -0.0442. The number of carbonyl (C=O) groups is 1. The maximum Gasteiger partial charge on any atom is 0.509 e. The number of ether oxygens (including phenoxy) is 4. The topological polar surface area (TPSA) is 254 Å². The molecule has 7 heterocycles. The SMILES string of the molecule is Cc1ncnc2c1N=CC2[C@@H]1O[C@@H]2COP(O)(=S)O[C@@H]3[C@H](O)[C@@H](COP(O)(=S)O[C@H]2[C@H]1OC(=O)OC1/C=C/CCCCC1)O[C@H]3C1C=Nc2c(N)ncnc21. The first-order chi connectivity index (χ1) is 26.4. The number of nitrogens with zero attached hydrogens (tertiary/aromatic N) is 6. The zero-order chi connectivity index (χ0) is 38.5. The number of hydrogen-bond donors (Lipinski definition) is 4. The van der Waals surface area contributed by atoms with Crippen molar-refractivity contribution in [2.75, 3.05) is 18.9 Å². The molecule has 3 saturated heterocycles. The van der Waals surface area contributed by atoms with E-state index in [-0.39, 0.29) is 5.82 Å². The summed E-state index contributed by atoms with van der Waals surface area (Å²) in [6, 6.07) is 0. The lowest BCUT2D eigenvalue weighted by Crippen LogP contribution is -2.42. The fourth-order valence-corrected chi connectivity index (χ4v) is 10.4. The summed E-state index contributed by atoms with van der Waals surface area (Å²) in [5.41, 5.74) is 8.39. The fourth-order valence-electron chi connectivity index (χ4n) is 7.55. The number of rotatable bonds is 4. The van der Waals surface area contributed by atoms with Crippen LogP contribution in [0.3, 0.4) is 0 Å². The van der Waals surface area contributed by atoms with Crippen molar-refractivity contribution in [2.45, 2.75) is 106 Å². The molecule has 55 heavy (non-hydrogen) atoms. The molecule has 19 nitrogen and oxygen atoms in total. The first-order valence-electron chi connectivity index (χ1n) is 17.7. The van der Waals surface area contributed by atoms with E-state index < -0.39 is 99.6 Å². The molecular formula is C32H39N7O12P2S2. The Balaban J connectivity index is 1.09. The van der Waals surface area contributed by atoms with Crippen LogP contribution in [0.5, 0.6) is 0 Å². The van der Waals surface area contributed by atoms with Gasteiger partial charge in [0.05, 0.1) is 42.1 Å². The summed E-state index contributed by atoms with van der Waals surface area (Å²) < 4.78 is 48.1.